The fourth-order valence-corrected chi connectivity index (χ4v) is 3.55. The van der Waals surface area contributed by atoms with E-state index in [1.165, 1.54) is 5.56 Å². The lowest BCUT2D eigenvalue weighted by Crippen LogP contribution is -2.46. The van der Waals surface area contributed by atoms with E-state index in [0.717, 1.165) is 16.5 Å². The zero-order valence-corrected chi connectivity index (χ0v) is 16.6. The van der Waals surface area contributed by atoms with Gasteiger partial charge in [-0.3, -0.25) is 9.59 Å². The maximum atomic E-state index is 12.8. The molecule has 1 fully saturated rings. The van der Waals surface area contributed by atoms with E-state index < -0.39 is 6.04 Å². The monoisotopic (exact) mass is 414 g/mol. The highest BCUT2D eigenvalue weighted by Crippen LogP contribution is 2.22. The molecular formula is C21H23BrN2O2. The van der Waals surface area contributed by atoms with E-state index in [1.54, 1.807) is 17.0 Å². The van der Waals surface area contributed by atoms with E-state index in [1.807, 2.05) is 50.2 Å². The SMILES string of the molecule is Cc1ccc(C(C)NC(=O)C2CCCN2C(=O)c2ccc(Br)cc2)cc1. The number of amides is 2. The number of carbonyl (C=O) groups is 2. The summed E-state index contributed by atoms with van der Waals surface area (Å²) >= 11 is 3.38. The fourth-order valence-electron chi connectivity index (χ4n) is 3.29. The van der Waals surface area contributed by atoms with Gasteiger partial charge in [0.2, 0.25) is 5.91 Å². The van der Waals surface area contributed by atoms with Crippen LogP contribution in [0, 0.1) is 6.92 Å². The van der Waals surface area contributed by atoms with Crippen LogP contribution < -0.4 is 5.32 Å². The first-order chi connectivity index (χ1) is 12.5. The largest absolute Gasteiger partial charge is 0.348 e. The van der Waals surface area contributed by atoms with Crippen LogP contribution in [0.1, 0.15) is 47.3 Å². The number of nitrogens with zero attached hydrogens (tertiary/aromatic N) is 1. The predicted octanol–water partition coefficient (Wildman–Crippen LogP) is 4.24. The minimum atomic E-state index is -0.404. The van der Waals surface area contributed by atoms with Gasteiger partial charge in [-0.15, -0.1) is 0 Å². The van der Waals surface area contributed by atoms with Crippen molar-refractivity contribution in [3.63, 3.8) is 0 Å². The standard InChI is InChI=1S/C21H23BrN2O2/c1-14-5-7-16(8-6-14)15(2)23-20(25)19-4-3-13-24(19)21(26)17-9-11-18(22)12-10-17/h5-12,15,19H,3-4,13H2,1-2H3,(H,23,25). The van der Waals surface area contributed by atoms with Crippen molar-refractivity contribution < 1.29 is 9.59 Å². The van der Waals surface area contributed by atoms with Gasteiger partial charge in [-0.25, -0.2) is 0 Å². The van der Waals surface area contributed by atoms with Crippen molar-refractivity contribution in [1.82, 2.24) is 10.2 Å². The molecule has 0 saturated carbocycles. The molecule has 2 aromatic rings. The van der Waals surface area contributed by atoms with Crippen molar-refractivity contribution in [3.8, 4) is 0 Å². The Bertz CT molecular complexity index is 787. The molecule has 0 radical (unpaired) electrons. The number of hydrogen-bond donors (Lipinski definition) is 1. The van der Waals surface area contributed by atoms with Gasteiger partial charge in [-0.2, -0.15) is 0 Å². The van der Waals surface area contributed by atoms with Gasteiger partial charge in [0.25, 0.3) is 5.91 Å². The second-order valence-corrected chi connectivity index (χ2v) is 7.72. The maximum Gasteiger partial charge on any atom is 0.254 e. The first kappa shape index (κ1) is 18.6. The highest BCUT2D eigenvalue weighted by molar-refractivity contribution is 9.10. The van der Waals surface area contributed by atoms with Crippen molar-refractivity contribution in [2.45, 2.75) is 38.8 Å². The van der Waals surface area contributed by atoms with Crippen LogP contribution in [0.25, 0.3) is 0 Å². The van der Waals surface area contributed by atoms with Crippen molar-refractivity contribution in [2.75, 3.05) is 6.54 Å². The van der Waals surface area contributed by atoms with Crippen LogP contribution in [0.4, 0.5) is 0 Å². The van der Waals surface area contributed by atoms with Crippen molar-refractivity contribution in [1.29, 1.82) is 0 Å². The number of rotatable bonds is 4. The molecule has 0 aliphatic carbocycles. The van der Waals surface area contributed by atoms with Gasteiger partial charge in [0.1, 0.15) is 6.04 Å². The van der Waals surface area contributed by atoms with Gasteiger partial charge in [0.15, 0.2) is 0 Å². The summed E-state index contributed by atoms with van der Waals surface area (Å²) in [6.07, 6.45) is 1.55. The molecule has 2 amide bonds. The number of aryl methyl sites for hydroxylation is 1. The molecule has 0 bridgehead atoms. The fraction of sp³-hybridized carbons (Fsp3) is 0.333. The molecule has 1 aliphatic heterocycles. The topological polar surface area (TPSA) is 49.4 Å². The van der Waals surface area contributed by atoms with E-state index in [-0.39, 0.29) is 17.9 Å². The second-order valence-electron chi connectivity index (χ2n) is 6.80. The van der Waals surface area contributed by atoms with Gasteiger partial charge < -0.3 is 10.2 Å². The van der Waals surface area contributed by atoms with E-state index in [9.17, 15) is 9.59 Å². The molecule has 2 atom stereocenters. The number of carbonyl (C=O) groups excluding carboxylic acids is 2. The summed E-state index contributed by atoms with van der Waals surface area (Å²) in [6.45, 7) is 4.63. The summed E-state index contributed by atoms with van der Waals surface area (Å²) in [5, 5.41) is 3.06. The Balaban J connectivity index is 1.68. The number of benzene rings is 2. The molecule has 0 aromatic heterocycles. The minimum Gasteiger partial charge on any atom is -0.348 e. The smallest absolute Gasteiger partial charge is 0.254 e. The lowest BCUT2D eigenvalue weighted by Gasteiger charge is -2.26. The molecule has 2 aromatic carbocycles. The first-order valence-electron chi connectivity index (χ1n) is 8.89. The Labute approximate surface area is 162 Å². The molecule has 1 aliphatic rings. The van der Waals surface area contributed by atoms with Crippen LogP contribution in [0.2, 0.25) is 0 Å². The van der Waals surface area contributed by atoms with Crippen molar-refractivity contribution in [3.05, 3.63) is 69.7 Å². The minimum absolute atomic E-state index is 0.0824. The number of nitrogens with one attached hydrogen (secondary N) is 1. The predicted molar refractivity (Wildman–Crippen MR) is 106 cm³/mol. The highest BCUT2D eigenvalue weighted by Gasteiger charge is 2.35. The van der Waals surface area contributed by atoms with Crippen molar-refractivity contribution in [2.24, 2.45) is 0 Å². The van der Waals surface area contributed by atoms with Crippen molar-refractivity contribution >= 4 is 27.7 Å². The Morgan fingerprint density at radius 1 is 1.12 bits per heavy atom. The van der Waals surface area contributed by atoms with Crippen LogP contribution >= 0.6 is 15.9 Å². The summed E-state index contributed by atoms with van der Waals surface area (Å²) in [5.41, 5.74) is 2.86. The molecule has 2 unspecified atom stereocenters. The van der Waals surface area contributed by atoms with E-state index in [2.05, 4.69) is 21.2 Å². The van der Waals surface area contributed by atoms with Crippen LogP contribution in [0.15, 0.2) is 53.0 Å². The third kappa shape index (κ3) is 4.15. The van der Waals surface area contributed by atoms with E-state index >= 15 is 0 Å². The molecular weight excluding hydrogens is 392 g/mol. The number of halogens is 1. The Morgan fingerprint density at radius 2 is 1.77 bits per heavy atom. The van der Waals surface area contributed by atoms with Gasteiger partial charge in [0.05, 0.1) is 6.04 Å². The van der Waals surface area contributed by atoms with Gasteiger partial charge in [-0.05, 0) is 56.5 Å². The van der Waals surface area contributed by atoms with E-state index in [0.29, 0.717) is 18.5 Å². The Kier molecular flexibility index (Phi) is 5.77. The van der Waals surface area contributed by atoms with Crippen LogP contribution in [-0.2, 0) is 4.79 Å². The number of hydrogen-bond acceptors (Lipinski definition) is 2. The molecule has 0 spiro atoms. The molecule has 4 nitrogen and oxygen atoms in total. The van der Waals surface area contributed by atoms with Crippen LogP contribution in [-0.4, -0.2) is 29.3 Å². The lowest BCUT2D eigenvalue weighted by molar-refractivity contribution is -0.125. The second kappa shape index (κ2) is 8.04. The zero-order chi connectivity index (χ0) is 18.7. The third-order valence-electron chi connectivity index (χ3n) is 4.84. The Hall–Kier alpha value is -2.14. The summed E-state index contributed by atoms with van der Waals surface area (Å²) in [4.78, 5) is 27.3. The van der Waals surface area contributed by atoms with Gasteiger partial charge >= 0.3 is 0 Å². The van der Waals surface area contributed by atoms with Gasteiger partial charge in [-0.1, -0.05) is 45.8 Å². The van der Waals surface area contributed by atoms with Gasteiger partial charge in [0, 0.05) is 16.6 Å². The lowest BCUT2D eigenvalue weighted by atomic mass is 10.1. The average Bonchev–Trinajstić information content (AvgIpc) is 3.12. The van der Waals surface area contributed by atoms with Crippen LogP contribution in [0.5, 0.6) is 0 Å². The third-order valence-corrected chi connectivity index (χ3v) is 5.37. The summed E-state index contributed by atoms with van der Waals surface area (Å²) < 4.78 is 0.927. The summed E-state index contributed by atoms with van der Waals surface area (Å²) in [5.74, 6) is -0.167. The van der Waals surface area contributed by atoms with Crippen LogP contribution in [0.3, 0.4) is 0 Å². The zero-order valence-electron chi connectivity index (χ0n) is 15.0. The number of likely N-dealkylation sites (tertiary alicyclic amines) is 1. The average molecular weight is 415 g/mol. The summed E-state index contributed by atoms with van der Waals surface area (Å²) in [6, 6.07) is 14.9. The molecule has 136 valence electrons. The maximum absolute atomic E-state index is 12.8. The molecule has 1 heterocycles. The molecule has 3 rings (SSSR count). The molecule has 1 N–H and O–H groups in total. The molecule has 26 heavy (non-hydrogen) atoms. The van der Waals surface area contributed by atoms with E-state index in [4.69, 9.17) is 0 Å². The quantitative estimate of drug-likeness (QED) is 0.812. The highest BCUT2D eigenvalue weighted by atomic mass is 79.9. The normalized spacial score (nSPS) is 17.8. The molecule has 1 saturated heterocycles. The molecule has 5 heteroatoms. The first-order valence-corrected chi connectivity index (χ1v) is 9.68. The Morgan fingerprint density at radius 3 is 2.42 bits per heavy atom. The summed E-state index contributed by atoms with van der Waals surface area (Å²) in [7, 11) is 0.